The Morgan fingerprint density at radius 1 is 1.11 bits per heavy atom. The number of benzene rings is 1. The van der Waals surface area contributed by atoms with Gasteiger partial charge in [-0.05, 0) is 23.9 Å². The fourth-order valence-corrected chi connectivity index (χ4v) is 3.78. The van der Waals surface area contributed by atoms with Gasteiger partial charge in [-0.15, -0.1) is 21.5 Å². The molecule has 0 saturated carbocycles. The van der Waals surface area contributed by atoms with Crippen molar-refractivity contribution in [3.8, 4) is 0 Å². The zero-order valence-electron chi connectivity index (χ0n) is 15.3. The van der Waals surface area contributed by atoms with Crippen LogP contribution in [0.1, 0.15) is 37.5 Å². The lowest BCUT2D eigenvalue weighted by Gasteiger charge is -2.06. The summed E-state index contributed by atoms with van der Waals surface area (Å²) in [5.41, 5.74) is 5.76. The molecule has 1 N–H and O–H groups in total. The summed E-state index contributed by atoms with van der Waals surface area (Å²) in [7, 11) is 0. The van der Waals surface area contributed by atoms with Crippen molar-refractivity contribution in [1.29, 1.82) is 0 Å². The largest absolute Gasteiger partial charge is 0.324 e. The fraction of sp³-hybridized carbons (Fsp3) is 0.300. The molecule has 7 heteroatoms. The molecule has 0 aliphatic rings. The van der Waals surface area contributed by atoms with E-state index < -0.39 is 0 Å². The molecule has 0 spiro atoms. The molecular weight excluding hydrogens is 356 g/mol. The Balaban J connectivity index is 1.65. The van der Waals surface area contributed by atoms with Gasteiger partial charge in [0.1, 0.15) is 5.52 Å². The minimum absolute atomic E-state index is 0.410. The number of hydrogen-bond donors (Lipinski definition) is 1. The first-order valence-electron chi connectivity index (χ1n) is 9.31. The van der Waals surface area contributed by atoms with Crippen LogP contribution in [-0.2, 0) is 6.54 Å². The quantitative estimate of drug-likeness (QED) is 0.264. The van der Waals surface area contributed by atoms with Crippen LogP contribution in [0.2, 0.25) is 0 Å². The molecule has 1 aromatic carbocycles. The number of anilines is 1. The maximum atomic E-state index is 4.70. The van der Waals surface area contributed by atoms with E-state index in [0.717, 1.165) is 39.9 Å². The van der Waals surface area contributed by atoms with Gasteiger partial charge in [-0.2, -0.15) is 10.1 Å². The minimum atomic E-state index is 0.410. The molecule has 4 rings (SSSR count). The van der Waals surface area contributed by atoms with Gasteiger partial charge >= 0.3 is 0 Å². The third kappa shape index (κ3) is 3.83. The molecule has 27 heavy (non-hydrogen) atoms. The Bertz CT molecular complexity index is 1050. The Labute approximate surface area is 162 Å². The number of hydrogen-bond acceptors (Lipinski definition) is 6. The van der Waals surface area contributed by atoms with Crippen LogP contribution in [0.15, 0.2) is 46.9 Å². The summed E-state index contributed by atoms with van der Waals surface area (Å²) in [5, 5.41) is 16.0. The summed E-state index contributed by atoms with van der Waals surface area (Å²) in [5.74, 6) is 0.410. The Morgan fingerprint density at radius 3 is 2.89 bits per heavy atom. The maximum absolute atomic E-state index is 4.70. The third-order valence-electron chi connectivity index (χ3n) is 4.51. The van der Waals surface area contributed by atoms with Gasteiger partial charge in [0.2, 0.25) is 0 Å². The Hall–Kier alpha value is -2.80. The molecule has 0 bridgehead atoms. The normalized spacial score (nSPS) is 11.7. The molecule has 0 aliphatic heterocycles. The third-order valence-corrected chi connectivity index (χ3v) is 5.32. The van der Waals surface area contributed by atoms with Crippen molar-refractivity contribution in [3.05, 3.63) is 46.7 Å². The number of aryl methyl sites for hydroxylation is 1. The van der Waals surface area contributed by atoms with Gasteiger partial charge in [0.15, 0.2) is 5.65 Å². The van der Waals surface area contributed by atoms with Crippen molar-refractivity contribution >= 4 is 45.6 Å². The number of aromatic nitrogens is 4. The summed E-state index contributed by atoms with van der Waals surface area (Å²) in [6.07, 6.45) is 6.60. The zero-order valence-corrected chi connectivity index (χ0v) is 16.1. The van der Waals surface area contributed by atoms with E-state index in [9.17, 15) is 0 Å². The zero-order chi connectivity index (χ0) is 18.5. The van der Waals surface area contributed by atoms with Crippen molar-refractivity contribution in [1.82, 2.24) is 19.7 Å². The Kier molecular flexibility index (Phi) is 5.39. The van der Waals surface area contributed by atoms with Crippen molar-refractivity contribution in [2.24, 2.45) is 5.10 Å². The van der Waals surface area contributed by atoms with Gasteiger partial charge in [0, 0.05) is 16.8 Å². The lowest BCUT2D eigenvalue weighted by Crippen LogP contribution is -2.03. The van der Waals surface area contributed by atoms with E-state index in [1.54, 1.807) is 17.6 Å². The van der Waals surface area contributed by atoms with Gasteiger partial charge in [0.25, 0.3) is 5.95 Å². The molecule has 0 fully saturated rings. The van der Waals surface area contributed by atoms with Gasteiger partial charge in [-0.1, -0.05) is 50.5 Å². The van der Waals surface area contributed by atoms with E-state index in [0.29, 0.717) is 5.95 Å². The first-order valence-corrected chi connectivity index (χ1v) is 10.2. The Morgan fingerprint density at radius 2 is 2.04 bits per heavy atom. The van der Waals surface area contributed by atoms with E-state index in [1.165, 1.54) is 19.3 Å². The highest BCUT2D eigenvalue weighted by molar-refractivity contribution is 7.11. The molecule has 3 aromatic heterocycles. The number of nitrogens with one attached hydrogen (secondary N) is 1. The molecule has 0 atom stereocenters. The van der Waals surface area contributed by atoms with Crippen molar-refractivity contribution in [2.45, 2.75) is 39.2 Å². The topological polar surface area (TPSA) is 68.0 Å². The second-order valence-electron chi connectivity index (χ2n) is 6.42. The predicted octanol–water partition coefficient (Wildman–Crippen LogP) is 5.07. The van der Waals surface area contributed by atoms with Gasteiger partial charge in [0.05, 0.1) is 11.7 Å². The van der Waals surface area contributed by atoms with Crippen LogP contribution in [0.3, 0.4) is 0 Å². The van der Waals surface area contributed by atoms with Crippen molar-refractivity contribution in [2.75, 3.05) is 5.43 Å². The predicted molar refractivity (Wildman–Crippen MR) is 113 cm³/mol. The van der Waals surface area contributed by atoms with Crippen LogP contribution in [0.5, 0.6) is 0 Å². The first-order chi connectivity index (χ1) is 13.4. The number of unbranched alkanes of at least 4 members (excludes halogenated alkanes) is 3. The summed E-state index contributed by atoms with van der Waals surface area (Å²) in [6, 6.07) is 12.3. The van der Waals surface area contributed by atoms with E-state index >= 15 is 0 Å². The molecule has 0 aliphatic carbocycles. The van der Waals surface area contributed by atoms with Crippen molar-refractivity contribution < 1.29 is 0 Å². The van der Waals surface area contributed by atoms with Gasteiger partial charge < -0.3 is 4.57 Å². The van der Waals surface area contributed by atoms with Crippen LogP contribution in [-0.4, -0.2) is 26.0 Å². The number of hydrazone groups is 1. The molecule has 0 saturated heterocycles. The minimum Gasteiger partial charge on any atom is -0.324 e. The van der Waals surface area contributed by atoms with Crippen LogP contribution < -0.4 is 5.43 Å². The standard InChI is InChI=1S/C20H22N6S/c1-2-3-4-7-12-26-17-11-6-5-10-16(17)18-19(26)22-20(25-23-18)24-21-14-15-9-8-13-27-15/h5-6,8-11,13-14H,2-4,7,12H2,1H3,(H,22,24,25)/b21-14+. The van der Waals surface area contributed by atoms with E-state index in [4.69, 9.17) is 4.98 Å². The maximum Gasteiger partial charge on any atom is 0.265 e. The van der Waals surface area contributed by atoms with E-state index in [-0.39, 0.29) is 0 Å². The summed E-state index contributed by atoms with van der Waals surface area (Å²) in [6.45, 7) is 3.16. The highest BCUT2D eigenvalue weighted by atomic mass is 32.1. The number of nitrogens with zero attached hydrogens (tertiary/aromatic N) is 5. The average Bonchev–Trinajstić information content (AvgIpc) is 3.32. The highest BCUT2D eigenvalue weighted by Crippen LogP contribution is 2.26. The molecule has 138 valence electrons. The van der Waals surface area contributed by atoms with Crippen LogP contribution in [0.4, 0.5) is 5.95 Å². The second-order valence-corrected chi connectivity index (χ2v) is 7.40. The molecule has 0 radical (unpaired) electrons. The summed E-state index contributed by atoms with van der Waals surface area (Å²) >= 11 is 1.63. The van der Waals surface area contributed by atoms with Gasteiger partial charge in [-0.25, -0.2) is 5.43 Å². The molecule has 4 aromatic rings. The number of rotatable bonds is 8. The molecule has 0 amide bonds. The fourth-order valence-electron chi connectivity index (χ4n) is 3.19. The molecule has 3 heterocycles. The van der Waals surface area contributed by atoms with Crippen molar-refractivity contribution in [3.63, 3.8) is 0 Å². The lowest BCUT2D eigenvalue weighted by molar-refractivity contribution is 0.600. The number of para-hydroxylation sites is 1. The number of thiophene rings is 1. The van der Waals surface area contributed by atoms with Crippen LogP contribution in [0, 0.1) is 0 Å². The van der Waals surface area contributed by atoms with Gasteiger partial charge in [-0.3, -0.25) is 0 Å². The number of fused-ring (bicyclic) bond motifs is 3. The first kappa shape index (κ1) is 17.6. The summed E-state index contributed by atoms with van der Waals surface area (Å²) < 4.78 is 2.25. The highest BCUT2D eigenvalue weighted by Gasteiger charge is 2.14. The molecule has 0 unspecified atom stereocenters. The SMILES string of the molecule is CCCCCCn1c2ccccc2c2nnc(N/N=C/c3cccs3)nc21. The van der Waals surface area contributed by atoms with E-state index in [2.05, 4.69) is 50.4 Å². The van der Waals surface area contributed by atoms with Crippen LogP contribution >= 0.6 is 11.3 Å². The smallest absolute Gasteiger partial charge is 0.265 e. The monoisotopic (exact) mass is 378 g/mol. The summed E-state index contributed by atoms with van der Waals surface area (Å²) in [4.78, 5) is 5.77. The van der Waals surface area contributed by atoms with Crippen LogP contribution in [0.25, 0.3) is 22.1 Å². The lowest BCUT2D eigenvalue weighted by atomic mass is 10.2. The van der Waals surface area contributed by atoms with E-state index in [1.807, 2.05) is 23.6 Å². The average molecular weight is 379 g/mol. The second kappa shape index (κ2) is 8.26. The molecule has 6 nitrogen and oxygen atoms in total. The molecular formula is C20H22N6S.